The van der Waals surface area contributed by atoms with E-state index in [0.717, 1.165) is 12.8 Å². The van der Waals surface area contributed by atoms with Crippen molar-refractivity contribution < 1.29 is 19.0 Å². The molecule has 20 heavy (non-hydrogen) atoms. The smallest absolute Gasteiger partial charge is 0.327 e. The lowest BCUT2D eigenvalue weighted by Crippen LogP contribution is -2.38. The van der Waals surface area contributed by atoms with Crippen LogP contribution in [0.5, 0.6) is 0 Å². The van der Waals surface area contributed by atoms with Gasteiger partial charge in [-0.25, -0.2) is 9.18 Å². The van der Waals surface area contributed by atoms with Gasteiger partial charge in [-0.15, -0.1) is 0 Å². The highest BCUT2D eigenvalue weighted by molar-refractivity contribution is 5.77. The van der Waals surface area contributed by atoms with Crippen LogP contribution in [0.3, 0.4) is 0 Å². The lowest BCUT2D eigenvalue weighted by Gasteiger charge is -2.28. The van der Waals surface area contributed by atoms with Crippen LogP contribution in [0, 0.1) is 11.7 Å². The molecule has 1 fully saturated rings. The fourth-order valence-electron chi connectivity index (χ4n) is 2.38. The number of halogens is 1. The van der Waals surface area contributed by atoms with Crippen LogP contribution in [0.2, 0.25) is 0 Å². The molecule has 0 radical (unpaired) electrons. The molecule has 0 aliphatic heterocycles. The number of hydrogen-bond donors (Lipinski definition) is 1. The second-order valence-corrected chi connectivity index (χ2v) is 5.29. The predicted octanol–water partition coefficient (Wildman–Crippen LogP) is 1.74. The molecule has 0 amide bonds. The van der Waals surface area contributed by atoms with Crippen molar-refractivity contribution in [1.82, 2.24) is 4.90 Å². The van der Waals surface area contributed by atoms with Crippen LogP contribution in [-0.4, -0.2) is 42.8 Å². The topological polar surface area (TPSA) is 49.8 Å². The highest BCUT2D eigenvalue weighted by atomic mass is 19.1. The van der Waals surface area contributed by atoms with Gasteiger partial charge in [0.25, 0.3) is 0 Å². The summed E-state index contributed by atoms with van der Waals surface area (Å²) >= 11 is 0. The van der Waals surface area contributed by atoms with Crippen LogP contribution in [0.15, 0.2) is 24.3 Å². The summed E-state index contributed by atoms with van der Waals surface area (Å²) in [4.78, 5) is 13.6. The van der Waals surface area contributed by atoms with E-state index < -0.39 is 23.9 Å². The first-order valence-electron chi connectivity index (χ1n) is 6.75. The van der Waals surface area contributed by atoms with Gasteiger partial charge in [-0.3, -0.25) is 4.90 Å². The molecule has 1 aromatic rings. The van der Waals surface area contributed by atoms with Gasteiger partial charge in [0.15, 0.2) is 0 Å². The summed E-state index contributed by atoms with van der Waals surface area (Å²) in [7, 11) is 2.97. The van der Waals surface area contributed by atoms with Gasteiger partial charge in [0.05, 0.1) is 13.2 Å². The predicted molar refractivity (Wildman–Crippen MR) is 72.5 cm³/mol. The number of methoxy groups -OCH3 is 1. The number of rotatable bonds is 6. The number of likely N-dealkylation sites (N-methyl/N-ethyl adjacent to an activating group) is 1. The van der Waals surface area contributed by atoms with Crippen LogP contribution in [0.25, 0.3) is 0 Å². The van der Waals surface area contributed by atoms with Gasteiger partial charge < -0.3 is 9.84 Å². The summed E-state index contributed by atoms with van der Waals surface area (Å²) in [5.41, 5.74) is 0.268. The standard InChI is InChI=1S/C15H20FNO3/c1-17(9-13(18)10-7-8-10)14(15(19)20-2)11-5-3-4-6-12(11)16/h3-6,10,13-14,18H,7-9H2,1-2H3. The molecule has 5 heteroatoms. The molecule has 110 valence electrons. The summed E-state index contributed by atoms with van der Waals surface area (Å²) in [5.74, 6) is -0.673. The molecule has 0 heterocycles. The fraction of sp³-hybridized carbons (Fsp3) is 0.533. The summed E-state index contributed by atoms with van der Waals surface area (Å²) < 4.78 is 18.7. The van der Waals surface area contributed by atoms with E-state index in [-0.39, 0.29) is 5.56 Å². The molecule has 1 aromatic carbocycles. The van der Waals surface area contributed by atoms with Crippen molar-refractivity contribution in [3.8, 4) is 0 Å². The molecule has 4 nitrogen and oxygen atoms in total. The lowest BCUT2D eigenvalue weighted by atomic mass is 10.0. The number of esters is 1. The summed E-state index contributed by atoms with van der Waals surface area (Å²) in [5, 5.41) is 9.99. The minimum absolute atomic E-state index is 0.268. The number of carbonyl (C=O) groups excluding carboxylic acids is 1. The van der Waals surface area contributed by atoms with Gasteiger partial charge in [0.2, 0.25) is 0 Å². The minimum Gasteiger partial charge on any atom is -0.468 e. The molecule has 1 aliphatic carbocycles. The van der Waals surface area contributed by atoms with E-state index in [1.807, 2.05) is 0 Å². The van der Waals surface area contributed by atoms with Crippen molar-refractivity contribution in [3.05, 3.63) is 35.6 Å². The average molecular weight is 281 g/mol. The summed E-state index contributed by atoms with van der Waals surface area (Å²) in [6, 6.07) is 5.30. The fourth-order valence-corrected chi connectivity index (χ4v) is 2.38. The summed E-state index contributed by atoms with van der Waals surface area (Å²) in [6.07, 6.45) is 1.54. The number of benzene rings is 1. The van der Waals surface area contributed by atoms with E-state index in [1.54, 1.807) is 30.1 Å². The molecule has 0 spiro atoms. The van der Waals surface area contributed by atoms with Gasteiger partial charge in [0.1, 0.15) is 11.9 Å². The molecule has 0 bridgehead atoms. The van der Waals surface area contributed by atoms with E-state index in [9.17, 15) is 14.3 Å². The van der Waals surface area contributed by atoms with Crippen LogP contribution in [0.4, 0.5) is 4.39 Å². The molecular weight excluding hydrogens is 261 g/mol. The average Bonchev–Trinajstić information content (AvgIpc) is 3.25. The lowest BCUT2D eigenvalue weighted by molar-refractivity contribution is -0.147. The Morgan fingerprint density at radius 2 is 2.15 bits per heavy atom. The molecule has 1 N–H and O–H groups in total. The molecule has 0 saturated heterocycles. The van der Waals surface area contributed by atoms with E-state index in [1.165, 1.54) is 13.2 Å². The second-order valence-electron chi connectivity index (χ2n) is 5.29. The Morgan fingerprint density at radius 1 is 1.50 bits per heavy atom. The monoisotopic (exact) mass is 281 g/mol. The van der Waals surface area contributed by atoms with Gasteiger partial charge in [-0.2, -0.15) is 0 Å². The quantitative estimate of drug-likeness (QED) is 0.807. The molecule has 2 atom stereocenters. The SMILES string of the molecule is COC(=O)C(c1ccccc1F)N(C)CC(O)C1CC1. The number of aliphatic hydroxyl groups excluding tert-OH is 1. The Morgan fingerprint density at radius 3 is 2.70 bits per heavy atom. The first-order chi connectivity index (χ1) is 9.54. The van der Waals surface area contributed by atoms with Crippen LogP contribution >= 0.6 is 0 Å². The van der Waals surface area contributed by atoms with Gasteiger partial charge in [-0.05, 0) is 31.9 Å². The molecule has 1 aliphatic rings. The van der Waals surface area contributed by atoms with E-state index in [0.29, 0.717) is 12.5 Å². The van der Waals surface area contributed by atoms with Crippen molar-refractivity contribution in [2.45, 2.75) is 25.0 Å². The van der Waals surface area contributed by atoms with E-state index in [2.05, 4.69) is 0 Å². The number of nitrogens with zero attached hydrogens (tertiary/aromatic N) is 1. The largest absolute Gasteiger partial charge is 0.468 e. The van der Waals surface area contributed by atoms with Crippen molar-refractivity contribution >= 4 is 5.97 Å². The number of ether oxygens (including phenoxy) is 1. The third kappa shape index (κ3) is 3.35. The Kier molecular flexibility index (Phi) is 4.73. The van der Waals surface area contributed by atoms with Crippen LogP contribution in [-0.2, 0) is 9.53 Å². The van der Waals surface area contributed by atoms with E-state index >= 15 is 0 Å². The Labute approximate surface area is 118 Å². The highest BCUT2D eigenvalue weighted by Gasteiger charge is 2.34. The van der Waals surface area contributed by atoms with Crippen molar-refractivity contribution in [2.24, 2.45) is 5.92 Å². The number of aliphatic hydroxyl groups is 1. The number of hydrogen-bond acceptors (Lipinski definition) is 4. The van der Waals surface area contributed by atoms with Crippen molar-refractivity contribution in [3.63, 3.8) is 0 Å². The highest BCUT2D eigenvalue weighted by Crippen LogP contribution is 2.34. The molecule has 0 aromatic heterocycles. The van der Waals surface area contributed by atoms with Gasteiger partial charge in [0, 0.05) is 12.1 Å². The maximum absolute atomic E-state index is 13.9. The maximum Gasteiger partial charge on any atom is 0.327 e. The normalized spacial score (nSPS) is 17.9. The van der Waals surface area contributed by atoms with Crippen molar-refractivity contribution in [1.29, 1.82) is 0 Å². The molecule has 2 unspecified atom stereocenters. The molecule has 2 rings (SSSR count). The zero-order valence-electron chi connectivity index (χ0n) is 11.8. The zero-order valence-corrected chi connectivity index (χ0v) is 11.8. The third-order valence-corrected chi connectivity index (χ3v) is 3.71. The van der Waals surface area contributed by atoms with Crippen LogP contribution in [0.1, 0.15) is 24.4 Å². The first-order valence-corrected chi connectivity index (χ1v) is 6.75. The molecular formula is C15H20FNO3. The van der Waals surface area contributed by atoms with Gasteiger partial charge in [-0.1, -0.05) is 18.2 Å². The zero-order chi connectivity index (χ0) is 14.7. The molecule has 1 saturated carbocycles. The Hall–Kier alpha value is -1.46. The first kappa shape index (κ1) is 14.9. The third-order valence-electron chi connectivity index (χ3n) is 3.71. The van der Waals surface area contributed by atoms with Gasteiger partial charge >= 0.3 is 5.97 Å². The second kappa shape index (κ2) is 6.33. The minimum atomic E-state index is -0.838. The van der Waals surface area contributed by atoms with Crippen molar-refractivity contribution in [2.75, 3.05) is 20.7 Å². The Bertz CT molecular complexity index is 476. The number of carbonyl (C=O) groups is 1. The maximum atomic E-state index is 13.9. The summed E-state index contributed by atoms with van der Waals surface area (Å²) in [6.45, 7) is 0.318. The Balaban J connectivity index is 2.18. The van der Waals surface area contributed by atoms with Crippen LogP contribution < -0.4 is 0 Å². The van der Waals surface area contributed by atoms with E-state index in [4.69, 9.17) is 4.74 Å².